The van der Waals surface area contributed by atoms with Gasteiger partial charge in [0, 0.05) is 18.2 Å². The van der Waals surface area contributed by atoms with Gasteiger partial charge in [-0.1, -0.05) is 23.7 Å². The normalized spacial score (nSPS) is 11.0. The van der Waals surface area contributed by atoms with Crippen LogP contribution in [-0.2, 0) is 22.7 Å². The van der Waals surface area contributed by atoms with Gasteiger partial charge in [0.05, 0.1) is 17.8 Å². The van der Waals surface area contributed by atoms with E-state index in [4.69, 9.17) is 16.7 Å². The smallest absolute Gasteiger partial charge is 0.411 e. The number of H-pyrrole nitrogens is 1. The largest absolute Gasteiger partial charge is 0.465 e. The number of nitrogens with one attached hydrogen (secondary N) is 3. The van der Waals surface area contributed by atoms with Gasteiger partial charge in [-0.2, -0.15) is 5.10 Å². The van der Waals surface area contributed by atoms with Crippen molar-refractivity contribution in [2.24, 2.45) is 0 Å². The number of carbonyl (C=O) groups excluding carboxylic acids is 2. The molecule has 3 rings (SSSR count). The molecule has 0 unspecified atom stereocenters. The number of carbonyl (C=O) groups is 3. The third kappa shape index (κ3) is 5.86. The Morgan fingerprint density at radius 3 is 2.74 bits per heavy atom. The Bertz CT molecular complexity index is 1310. The average Bonchev–Trinajstić information content (AvgIpc) is 3.15. The number of carboxylic acid groups (broad SMARTS) is 1. The molecule has 0 radical (unpaired) electrons. The van der Waals surface area contributed by atoms with Gasteiger partial charge in [0.25, 0.3) is 5.56 Å². The van der Waals surface area contributed by atoms with E-state index in [0.29, 0.717) is 0 Å². The van der Waals surface area contributed by atoms with Crippen molar-refractivity contribution in [1.29, 1.82) is 0 Å². The number of aromatic nitrogens is 4. The molecule has 0 aliphatic heterocycles. The Kier molecular flexibility index (Phi) is 7.46. The van der Waals surface area contributed by atoms with Crippen LogP contribution in [0.5, 0.6) is 0 Å². The fourth-order valence-corrected chi connectivity index (χ4v) is 3.28. The lowest BCUT2D eigenvalue weighted by Crippen LogP contribution is -2.45. The number of hydrogen-bond donors (Lipinski definition) is 4. The first-order valence-corrected chi connectivity index (χ1v) is 10.4. The highest BCUT2D eigenvalue weighted by Crippen LogP contribution is 2.17. The van der Waals surface area contributed by atoms with Crippen LogP contribution in [0.4, 0.5) is 15.1 Å². The first kappa shape index (κ1) is 24.6. The molecule has 2 aromatic heterocycles. The average molecular weight is 494 g/mol. The van der Waals surface area contributed by atoms with Crippen molar-refractivity contribution >= 4 is 46.5 Å². The highest BCUT2D eigenvalue weighted by molar-refractivity contribution is 6.30. The van der Waals surface area contributed by atoms with Crippen LogP contribution < -0.4 is 16.2 Å². The van der Waals surface area contributed by atoms with Crippen LogP contribution in [0.25, 0.3) is 11.0 Å². The molecule has 0 aliphatic carbocycles. The van der Waals surface area contributed by atoms with Crippen LogP contribution in [0, 0.1) is 5.82 Å². The molecule has 180 valence electrons. The molecule has 0 saturated heterocycles. The first-order valence-electron chi connectivity index (χ1n) is 10.0. The monoisotopic (exact) mass is 493 g/mol. The summed E-state index contributed by atoms with van der Waals surface area (Å²) >= 11 is 5.74. The van der Waals surface area contributed by atoms with E-state index in [0.717, 1.165) is 0 Å². The van der Waals surface area contributed by atoms with Gasteiger partial charge in [0.1, 0.15) is 17.9 Å². The van der Waals surface area contributed by atoms with Crippen molar-refractivity contribution in [2.45, 2.75) is 33.0 Å². The molecule has 0 aliphatic rings. The molecule has 12 nitrogen and oxygen atoms in total. The summed E-state index contributed by atoms with van der Waals surface area (Å²) in [5.74, 6) is -1.88. The number of fused-ring (bicyclic) bond motifs is 1. The van der Waals surface area contributed by atoms with Crippen molar-refractivity contribution < 1.29 is 23.9 Å². The van der Waals surface area contributed by atoms with Crippen molar-refractivity contribution in [1.82, 2.24) is 30.0 Å². The molecule has 0 saturated carbocycles. The molecule has 3 aromatic rings. The second-order valence-electron chi connectivity index (χ2n) is 7.51. The molecule has 1 aromatic carbocycles. The molecular formula is C20H21ClFN7O5. The minimum Gasteiger partial charge on any atom is -0.465 e. The lowest BCUT2D eigenvalue weighted by atomic mass is 10.2. The Hall–Kier alpha value is -4.00. The summed E-state index contributed by atoms with van der Waals surface area (Å²) in [6.07, 6.45) is -0.0928. The molecule has 0 atom stereocenters. The number of rotatable bonds is 8. The van der Waals surface area contributed by atoms with E-state index in [1.807, 2.05) is 5.32 Å². The highest BCUT2D eigenvalue weighted by atomic mass is 35.5. The Labute approximate surface area is 196 Å². The third-order valence-corrected chi connectivity index (χ3v) is 5.00. The topological polar surface area (TPSA) is 162 Å². The van der Waals surface area contributed by atoms with E-state index in [1.165, 1.54) is 27.9 Å². The van der Waals surface area contributed by atoms with Crippen LogP contribution >= 0.6 is 11.6 Å². The van der Waals surface area contributed by atoms with Gasteiger partial charge < -0.3 is 15.3 Å². The summed E-state index contributed by atoms with van der Waals surface area (Å²) in [4.78, 5) is 55.6. The zero-order valence-corrected chi connectivity index (χ0v) is 18.9. The van der Waals surface area contributed by atoms with Crippen molar-refractivity contribution in [3.63, 3.8) is 0 Å². The maximum absolute atomic E-state index is 14.0. The Balaban J connectivity index is 1.68. The number of anilines is 1. The van der Waals surface area contributed by atoms with E-state index in [9.17, 15) is 23.6 Å². The van der Waals surface area contributed by atoms with Gasteiger partial charge in [0.15, 0.2) is 5.52 Å². The molecule has 0 fully saturated rings. The maximum atomic E-state index is 14.0. The molecule has 0 spiro atoms. The van der Waals surface area contributed by atoms with E-state index < -0.39 is 29.3 Å². The van der Waals surface area contributed by atoms with Crippen LogP contribution in [0.1, 0.15) is 19.4 Å². The number of benzene rings is 1. The fourth-order valence-electron chi connectivity index (χ4n) is 3.09. The molecule has 0 bridgehead atoms. The zero-order valence-electron chi connectivity index (χ0n) is 18.1. The van der Waals surface area contributed by atoms with Crippen molar-refractivity contribution in [2.75, 3.05) is 11.9 Å². The number of halogens is 2. The van der Waals surface area contributed by atoms with Gasteiger partial charge in [-0.25, -0.2) is 14.2 Å². The van der Waals surface area contributed by atoms with Gasteiger partial charge in [0.2, 0.25) is 17.8 Å². The van der Waals surface area contributed by atoms with Crippen LogP contribution in [-0.4, -0.2) is 60.2 Å². The molecule has 4 N–H and O–H groups in total. The lowest BCUT2D eigenvalue weighted by molar-refractivity contribution is -0.138. The highest BCUT2D eigenvalue weighted by Gasteiger charge is 2.22. The van der Waals surface area contributed by atoms with E-state index in [-0.39, 0.29) is 53.2 Å². The number of aromatic amines is 1. The van der Waals surface area contributed by atoms with Gasteiger partial charge in [-0.15, -0.1) is 0 Å². The molecular weight excluding hydrogens is 473 g/mol. The third-order valence-electron chi connectivity index (χ3n) is 4.71. The predicted octanol–water partition coefficient (Wildman–Crippen LogP) is 1.56. The van der Waals surface area contributed by atoms with E-state index >= 15 is 0 Å². The summed E-state index contributed by atoms with van der Waals surface area (Å²) in [6, 6.07) is 4.10. The van der Waals surface area contributed by atoms with Crippen LogP contribution in [0.2, 0.25) is 5.02 Å². The summed E-state index contributed by atoms with van der Waals surface area (Å²) in [5, 5.41) is 17.2. The second kappa shape index (κ2) is 10.3. The summed E-state index contributed by atoms with van der Waals surface area (Å²) < 4.78 is 15.2. The molecule has 34 heavy (non-hydrogen) atoms. The zero-order chi connectivity index (χ0) is 25.0. The fraction of sp³-hybridized carbons (Fsp3) is 0.300. The summed E-state index contributed by atoms with van der Waals surface area (Å²) in [7, 11) is 0. The number of nitrogens with zero attached hydrogens (tertiary/aromatic N) is 4. The van der Waals surface area contributed by atoms with Crippen LogP contribution in [0.3, 0.4) is 0 Å². The number of amides is 3. The molecule has 14 heteroatoms. The Morgan fingerprint density at radius 1 is 1.32 bits per heavy atom. The van der Waals surface area contributed by atoms with Gasteiger partial charge in [-0.3, -0.25) is 29.4 Å². The van der Waals surface area contributed by atoms with Crippen molar-refractivity contribution in [3.05, 3.63) is 51.2 Å². The van der Waals surface area contributed by atoms with Gasteiger partial charge >= 0.3 is 6.09 Å². The molecule has 2 heterocycles. The second-order valence-corrected chi connectivity index (χ2v) is 7.92. The maximum Gasteiger partial charge on any atom is 0.411 e. The first-order chi connectivity index (χ1) is 16.0. The summed E-state index contributed by atoms with van der Waals surface area (Å²) in [5.41, 5.74) is -0.479. The Morgan fingerprint density at radius 2 is 2.06 bits per heavy atom. The predicted molar refractivity (Wildman–Crippen MR) is 120 cm³/mol. The minimum absolute atomic E-state index is 0.0588. The van der Waals surface area contributed by atoms with E-state index in [1.54, 1.807) is 19.9 Å². The van der Waals surface area contributed by atoms with Gasteiger partial charge in [-0.05, 0) is 19.9 Å². The molecule has 3 amide bonds. The minimum atomic E-state index is -1.41. The summed E-state index contributed by atoms with van der Waals surface area (Å²) in [6.45, 7) is 2.75. The van der Waals surface area contributed by atoms with Crippen molar-refractivity contribution in [3.8, 4) is 0 Å². The standard InChI is InChI=1S/C20H21ClFN7O5/c1-10(2)29(8-14(30)23-6-11-4-3-5-12(21)16(11)22)15(31)9-28-7-13-17(27-28)18(32)25-19(24-13)26-20(33)34/h3-5,7,10H,6,8-9H2,1-2H3,(H,23,30)(H,33,34)(H2,24,25,26,32). The quantitative estimate of drug-likeness (QED) is 0.370. The number of hydrogen-bond acceptors (Lipinski definition) is 6. The lowest BCUT2D eigenvalue weighted by Gasteiger charge is -2.26. The van der Waals surface area contributed by atoms with Crippen LogP contribution in [0.15, 0.2) is 29.2 Å². The SMILES string of the molecule is CC(C)N(CC(=O)NCc1cccc(Cl)c1F)C(=O)Cn1cc2nc(NC(=O)O)[nH]c(=O)c2n1. The van der Waals surface area contributed by atoms with E-state index in [2.05, 4.69) is 20.4 Å².